The molecule has 7 heteroatoms. The number of amides is 2. The van der Waals surface area contributed by atoms with Crippen molar-refractivity contribution in [1.82, 2.24) is 9.88 Å². The van der Waals surface area contributed by atoms with Crippen LogP contribution in [0.3, 0.4) is 0 Å². The van der Waals surface area contributed by atoms with Crippen LogP contribution in [0.2, 0.25) is 0 Å². The summed E-state index contributed by atoms with van der Waals surface area (Å²) in [6.07, 6.45) is 1.89. The van der Waals surface area contributed by atoms with Gasteiger partial charge in [0.15, 0.2) is 5.13 Å². The van der Waals surface area contributed by atoms with Crippen LogP contribution in [0.25, 0.3) is 0 Å². The van der Waals surface area contributed by atoms with Gasteiger partial charge in [-0.3, -0.25) is 9.59 Å². The molecule has 1 atom stereocenters. The number of carbonyl (C=O) groups is 2. The number of hydrogen-bond donors (Lipinski definition) is 1. The molecule has 2 rings (SSSR count). The molecule has 1 saturated heterocycles. The number of aromatic nitrogens is 1. The predicted molar refractivity (Wildman–Crippen MR) is 67.3 cm³/mol. The molecule has 1 aromatic rings. The Morgan fingerprint density at radius 1 is 1.72 bits per heavy atom. The van der Waals surface area contributed by atoms with Crippen LogP contribution in [-0.4, -0.2) is 48.5 Å². The summed E-state index contributed by atoms with van der Waals surface area (Å²) in [5.41, 5.74) is 0. The maximum Gasteiger partial charge on any atom is 0.231 e. The summed E-state index contributed by atoms with van der Waals surface area (Å²) in [4.78, 5) is 29.2. The van der Waals surface area contributed by atoms with Crippen LogP contribution in [-0.2, 0) is 14.3 Å². The van der Waals surface area contributed by atoms with Crippen molar-refractivity contribution in [3.63, 3.8) is 0 Å². The maximum atomic E-state index is 11.9. The van der Waals surface area contributed by atoms with Gasteiger partial charge in [0.1, 0.15) is 0 Å². The van der Waals surface area contributed by atoms with E-state index in [1.807, 2.05) is 0 Å². The molecule has 0 bridgehead atoms. The van der Waals surface area contributed by atoms with Gasteiger partial charge in [0, 0.05) is 38.2 Å². The van der Waals surface area contributed by atoms with Gasteiger partial charge in [-0.2, -0.15) is 0 Å². The molecular weight excluding hydrogens is 254 g/mol. The number of ether oxygens (including phenoxy) is 1. The highest BCUT2D eigenvalue weighted by Gasteiger charge is 2.34. The van der Waals surface area contributed by atoms with Crippen molar-refractivity contribution < 1.29 is 14.3 Å². The average molecular weight is 269 g/mol. The van der Waals surface area contributed by atoms with Crippen LogP contribution in [0, 0.1) is 5.92 Å². The number of thiazole rings is 1. The molecule has 0 saturated carbocycles. The molecule has 1 aliphatic rings. The lowest BCUT2D eigenvalue weighted by molar-refractivity contribution is -0.128. The fraction of sp³-hybridized carbons (Fsp3) is 0.545. The largest absolute Gasteiger partial charge is 0.383 e. The van der Waals surface area contributed by atoms with Crippen molar-refractivity contribution in [2.75, 3.05) is 32.1 Å². The molecule has 6 nitrogen and oxygen atoms in total. The Kier molecular flexibility index (Phi) is 4.27. The topological polar surface area (TPSA) is 71.5 Å². The van der Waals surface area contributed by atoms with Crippen molar-refractivity contribution in [3.05, 3.63) is 11.6 Å². The van der Waals surface area contributed by atoms with E-state index >= 15 is 0 Å². The average Bonchev–Trinajstić information content (AvgIpc) is 2.96. The molecular formula is C11H15N3O3S. The molecule has 1 N–H and O–H groups in total. The third-order valence-electron chi connectivity index (χ3n) is 2.81. The van der Waals surface area contributed by atoms with E-state index in [9.17, 15) is 9.59 Å². The van der Waals surface area contributed by atoms with Gasteiger partial charge in [-0.25, -0.2) is 4.98 Å². The van der Waals surface area contributed by atoms with Crippen LogP contribution in [0.5, 0.6) is 0 Å². The van der Waals surface area contributed by atoms with Gasteiger partial charge in [0.05, 0.1) is 12.5 Å². The summed E-state index contributed by atoms with van der Waals surface area (Å²) in [6.45, 7) is 1.49. The van der Waals surface area contributed by atoms with E-state index in [-0.39, 0.29) is 24.2 Å². The standard InChI is InChI=1S/C11H15N3O3S/c1-17-4-3-14-7-8(6-9(14)15)10(16)13-11-12-2-5-18-11/h2,5,8H,3-4,6-7H2,1H3,(H,12,13,16). The summed E-state index contributed by atoms with van der Waals surface area (Å²) in [6, 6.07) is 0. The van der Waals surface area contributed by atoms with Crippen molar-refractivity contribution in [1.29, 1.82) is 0 Å². The molecule has 0 aliphatic carbocycles. The minimum atomic E-state index is -0.293. The molecule has 18 heavy (non-hydrogen) atoms. The lowest BCUT2D eigenvalue weighted by Crippen LogP contribution is -2.30. The fourth-order valence-corrected chi connectivity index (χ4v) is 2.39. The number of methoxy groups -OCH3 is 1. The zero-order valence-electron chi connectivity index (χ0n) is 10.1. The molecule has 0 spiro atoms. The first-order chi connectivity index (χ1) is 8.70. The fourth-order valence-electron chi connectivity index (χ4n) is 1.86. The van der Waals surface area contributed by atoms with E-state index in [0.29, 0.717) is 24.8 Å². The van der Waals surface area contributed by atoms with Gasteiger partial charge >= 0.3 is 0 Å². The Balaban J connectivity index is 1.87. The van der Waals surface area contributed by atoms with E-state index in [1.165, 1.54) is 11.3 Å². The molecule has 1 aromatic heterocycles. The minimum Gasteiger partial charge on any atom is -0.383 e. The van der Waals surface area contributed by atoms with Crippen molar-refractivity contribution in [2.45, 2.75) is 6.42 Å². The second kappa shape index (κ2) is 5.92. The third kappa shape index (κ3) is 3.05. The number of rotatable bonds is 5. The molecule has 98 valence electrons. The van der Waals surface area contributed by atoms with E-state index < -0.39 is 0 Å². The predicted octanol–water partition coefficient (Wildman–Crippen LogP) is 0.576. The Bertz CT molecular complexity index is 421. The normalized spacial score (nSPS) is 19.3. The molecule has 0 radical (unpaired) electrons. The zero-order chi connectivity index (χ0) is 13.0. The van der Waals surface area contributed by atoms with Gasteiger partial charge in [-0.1, -0.05) is 0 Å². The lowest BCUT2D eigenvalue weighted by Gasteiger charge is -2.15. The minimum absolute atomic E-state index is 0.00587. The smallest absolute Gasteiger partial charge is 0.231 e. The molecule has 0 aromatic carbocycles. The summed E-state index contributed by atoms with van der Waals surface area (Å²) in [7, 11) is 1.59. The first kappa shape index (κ1) is 13.0. The molecule has 1 fully saturated rings. The van der Waals surface area contributed by atoms with E-state index in [0.717, 1.165) is 0 Å². The number of nitrogens with zero attached hydrogens (tertiary/aromatic N) is 2. The second-order valence-corrected chi connectivity index (χ2v) is 4.95. The highest BCUT2D eigenvalue weighted by molar-refractivity contribution is 7.13. The van der Waals surface area contributed by atoms with Crippen LogP contribution >= 0.6 is 11.3 Å². The van der Waals surface area contributed by atoms with Gasteiger partial charge in [0.25, 0.3) is 0 Å². The highest BCUT2D eigenvalue weighted by atomic mass is 32.1. The molecule has 1 aliphatic heterocycles. The monoisotopic (exact) mass is 269 g/mol. The van der Waals surface area contributed by atoms with Crippen LogP contribution in [0.1, 0.15) is 6.42 Å². The summed E-state index contributed by atoms with van der Waals surface area (Å²) >= 11 is 1.36. The first-order valence-corrected chi connectivity index (χ1v) is 6.55. The number of carbonyl (C=O) groups excluding carboxylic acids is 2. The van der Waals surface area contributed by atoms with Crippen LogP contribution in [0.4, 0.5) is 5.13 Å². The number of likely N-dealkylation sites (tertiary alicyclic amines) is 1. The zero-order valence-corrected chi connectivity index (χ0v) is 10.9. The first-order valence-electron chi connectivity index (χ1n) is 5.67. The highest BCUT2D eigenvalue weighted by Crippen LogP contribution is 2.20. The SMILES string of the molecule is COCCN1CC(C(=O)Nc2nccs2)CC1=O. The van der Waals surface area contributed by atoms with E-state index in [4.69, 9.17) is 4.74 Å². The number of nitrogens with one attached hydrogen (secondary N) is 1. The van der Waals surface area contributed by atoms with Gasteiger partial charge in [-0.15, -0.1) is 11.3 Å². The van der Waals surface area contributed by atoms with Crippen molar-refractivity contribution in [2.24, 2.45) is 5.92 Å². The lowest BCUT2D eigenvalue weighted by atomic mass is 10.1. The Morgan fingerprint density at radius 3 is 3.22 bits per heavy atom. The Hall–Kier alpha value is -1.47. The third-order valence-corrected chi connectivity index (χ3v) is 3.50. The van der Waals surface area contributed by atoms with E-state index in [1.54, 1.807) is 23.6 Å². The number of anilines is 1. The molecule has 2 amide bonds. The van der Waals surface area contributed by atoms with Crippen molar-refractivity contribution in [3.8, 4) is 0 Å². The van der Waals surface area contributed by atoms with Gasteiger partial charge in [0.2, 0.25) is 11.8 Å². The quantitative estimate of drug-likeness (QED) is 0.848. The summed E-state index contributed by atoms with van der Waals surface area (Å²) in [5, 5.41) is 5.08. The Morgan fingerprint density at radius 2 is 2.56 bits per heavy atom. The maximum absolute atomic E-state index is 11.9. The van der Waals surface area contributed by atoms with Gasteiger partial charge in [-0.05, 0) is 0 Å². The molecule has 2 heterocycles. The second-order valence-electron chi connectivity index (χ2n) is 4.06. The van der Waals surface area contributed by atoms with Crippen molar-refractivity contribution >= 4 is 28.3 Å². The number of hydrogen-bond acceptors (Lipinski definition) is 5. The van der Waals surface area contributed by atoms with Crippen LogP contribution in [0.15, 0.2) is 11.6 Å². The van der Waals surface area contributed by atoms with Crippen LogP contribution < -0.4 is 5.32 Å². The summed E-state index contributed by atoms with van der Waals surface area (Å²) in [5.74, 6) is -0.428. The summed E-state index contributed by atoms with van der Waals surface area (Å²) < 4.78 is 4.93. The van der Waals surface area contributed by atoms with Gasteiger partial charge < -0.3 is 15.0 Å². The molecule has 1 unspecified atom stereocenters. The Labute approximate surface area is 109 Å². The van der Waals surface area contributed by atoms with E-state index in [2.05, 4.69) is 10.3 Å².